The highest BCUT2D eigenvalue weighted by molar-refractivity contribution is 5.95. The number of likely N-dealkylation sites (N-methyl/N-ethyl adjacent to an activating group) is 1. The summed E-state index contributed by atoms with van der Waals surface area (Å²) in [6.07, 6.45) is 0.130. The molecule has 3 aliphatic heterocycles. The zero-order valence-corrected chi connectivity index (χ0v) is 20.8. The number of halogens is 2. The summed E-state index contributed by atoms with van der Waals surface area (Å²) < 4.78 is 29.8. The Labute approximate surface area is 210 Å². The Kier molecular flexibility index (Phi) is 7.49. The fourth-order valence-electron chi connectivity index (χ4n) is 5.54. The van der Waals surface area contributed by atoms with Gasteiger partial charge in [0.15, 0.2) is 0 Å². The van der Waals surface area contributed by atoms with Crippen LogP contribution in [0.4, 0.5) is 14.5 Å². The molecule has 10 heteroatoms. The lowest BCUT2D eigenvalue weighted by Crippen LogP contribution is -2.50. The van der Waals surface area contributed by atoms with Crippen molar-refractivity contribution in [3.8, 4) is 0 Å². The molecule has 3 aliphatic rings. The number of hydrogen-bond donors (Lipinski definition) is 5. The molecule has 3 fully saturated rings. The van der Waals surface area contributed by atoms with Gasteiger partial charge in [0.25, 0.3) is 5.91 Å². The zero-order valence-electron chi connectivity index (χ0n) is 20.8. The summed E-state index contributed by atoms with van der Waals surface area (Å²) in [7, 11) is 3.86. The molecular formula is C26H35F2N7O. The van der Waals surface area contributed by atoms with Crippen molar-refractivity contribution in [1.29, 1.82) is 0 Å². The molecule has 194 valence electrons. The molecule has 2 aromatic carbocycles. The molecule has 5 N–H and O–H groups in total. The van der Waals surface area contributed by atoms with Gasteiger partial charge in [-0.05, 0) is 56.4 Å². The summed E-state index contributed by atoms with van der Waals surface area (Å²) >= 11 is 0. The van der Waals surface area contributed by atoms with Crippen LogP contribution in [0.2, 0.25) is 0 Å². The van der Waals surface area contributed by atoms with Gasteiger partial charge in [-0.3, -0.25) is 10.2 Å². The van der Waals surface area contributed by atoms with Gasteiger partial charge in [0.1, 0.15) is 11.6 Å². The second-order valence-corrected chi connectivity index (χ2v) is 10.1. The minimum atomic E-state index is -0.545. The summed E-state index contributed by atoms with van der Waals surface area (Å²) in [5, 5.41) is 9.29. The quantitative estimate of drug-likeness (QED) is 0.410. The molecule has 0 spiro atoms. The van der Waals surface area contributed by atoms with Gasteiger partial charge < -0.3 is 25.8 Å². The van der Waals surface area contributed by atoms with Gasteiger partial charge in [-0.1, -0.05) is 6.07 Å². The van der Waals surface area contributed by atoms with Crippen LogP contribution in [0.1, 0.15) is 33.9 Å². The predicted molar refractivity (Wildman–Crippen MR) is 135 cm³/mol. The number of hydrazine groups is 1. The summed E-state index contributed by atoms with van der Waals surface area (Å²) in [6, 6.07) is 10.0. The van der Waals surface area contributed by atoms with E-state index in [9.17, 15) is 13.6 Å². The number of nitrogens with one attached hydrogen (secondary N) is 5. The first-order chi connectivity index (χ1) is 17.4. The van der Waals surface area contributed by atoms with E-state index < -0.39 is 17.7 Å². The largest absolute Gasteiger partial charge is 0.369 e. The Morgan fingerprint density at radius 3 is 2.56 bits per heavy atom. The van der Waals surface area contributed by atoms with Crippen molar-refractivity contribution in [1.82, 2.24) is 31.7 Å². The van der Waals surface area contributed by atoms with Crippen LogP contribution in [-0.2, 0) is 6.54 Å². The van der Waals surface area contributed by atoms with E-state index in [0.29, 0.717) is 30.6 Å². The number of piperidine rings is 1. The summed E-state index contributed by atoms with van der Waals surface area (Å²) in [5.74, 6) is -1.29. The number of hydrogen-bond acceptors (Lipinski definition) is 7. The fourth-order valence-corrected chi connectivity index (χ4v) is 5.54. The van der Waals surface area contributed by atoms with E-state index in [0.717, 1.165) is 31.9 Å². The van der Waals surface area contributed by atoms with E-state index >= 15 is 0 Å². The maximum absolute atomic E-state index is 14.9. The number of nitrogens with zero attached hydrogens (tertiary/aromatic N) is 2. The monoisotopic (exact) mass is 499 g/mol. The second-order valence-electron chi connectivity index (χ2n) is 10.1. The third kappa shape index (κ3) is 5.23. The molecule has 0 radical (unpaired) electrons. The average molecular weight is 500 g/mol. The van der Waals surface area contributed by atoms with E-state index in [4.69, 9.17) is 0 Å². The van der Waals surface area contributed by atoms with E-state index in [1.165, 1.54) is 12.1 Å². The van der Waals surface area contributed by atoms with Crippen LogP contribution in [0.5, 0.6) is 0 Å². The van der Waals surface area contributed by atoms with Crippen LogP contribution < -0.4 is 31.7 Å². The van der Waals surface area contributed by atoms with Gasteiger partial charge in [-0.15, -0.1) is 0 Å². The van der Waals surface area contributed by atoms with Gasteiger partial charge in [0.05, 0.1) is 6.17 Å². The third-order valence-corrected chi connectivity index (χ3v) is 7.59. The highest BCUT2D eigenvalue weighted by atomic mass is 19.1. The number of carbonyl (C=O) groups excluding carboxylic acids is 1. The van der Waals surface area contributed by atoms with Crippen molar-refractivity contribution in [2.45, 2.75) is 31.2 Å². The molecule has 1 amide bonds. The zero-order chi connectivity index (χ0) is 25.2. The number of fused-ring (bicyclic) bond motifs is 1. The number of carbonyl (C=O) groups is 1. The van der Waals surface area contributed by atoms with E-state index in [1.807, 2.05) is 24.3 Å². The van der Waals surface area contributed by atoms with Crippen LogP contribution in [0.25, 0.3) is 0 Å². The SMILES string of the molecule is CNCc1cc(F)c(C2CC3C(CN2)NNC3NC(=O)c2cccc(N3CCN(C)CC3)c2)c(F)c1. The van der Waals surface area contributed by atoms with Crippen molar-refractivity contribution in [2.24, 2.45) is 5.92 Å². The molecule has 8 nitrogen and oxygen atoms in total. The Morgan fingerprint density at radius 2 is 1.83 bits per heavy atom. The summed E-state index contributed by atoms with van der Waals surface area (Å²) in [5.41, 5.74) is 8.67. The third-order valence-electron chi connectivity index (χ3n) is 7.59. The lowest BCUT2D eigenvalue weighted by atomic mass is 9.84. The maximum Gasteiger partial charge on any atom is 0.252 e. The molecule has 2 aromatic rings. The van der Waals surface area contributed by atoms with Gasteiger partial charge in [0.2, 0.25) is 0 Å². The first kappa shape index (κ1) is 25.0. The van der Waals surface area contributed by atoms with Crippen LogP contribution in [-0.4, -0.2) is 69.8 Å². The smallest absolute Gasteiger partial charge is 0.252 e. The standard InChI is InChI=1S/C26H35F2N7O/c1-29-14-16-10-20(27)24(21(28)11-16)22-13-19-23(15-30-22)32-33-25(19)31-26(36)17-4-3-5-18(12-17)35-8-6-34(2)7-9-35/h3-5,10-12,19,22-23,25,29-30,32-33H,6-9,13-15H2,1-2H3,(H,31,36). The van der Waals surface area contributed by atoms with Crippen molar-refractivity contribution in [3.05, 3.63) is 64.7 Å². The number of rotatable bonds is 6. The molecule has 4 unspecified atom stereocenters. The molecule has 36 heavy (non-hydrogen) atoms. The molecule has 5 rings (SSSR count). The Balaban J connectivity index is 1.27. The lowest BCUT2D eigenvalue weighted by molar-refractivity contribution is 0.0913. The van der Waals surface area contributed by atoms with E-state index in [2.05, 4.69) is 43.6 Å². The van der Waals surface area contributed by atoms with Gasteiger partial charge in [-0.2, -0.15) is 0 Å². The second kappa shape index (κ2) is 10.8. The Morgan fingerprint density at radius 1 is 1.08 bits per heavy atom. The van der Waals surface area contributed by atoms with Crippen LogP contribution >= 0.6 is 0 Å². The van der Waals surface area contributed by atoms with Crippen LogP contribution in [0.3, 0.4) is 0 Å². The minimum absolute atomic E-state index is 0.0307. The molecule has 4 atom stereocenters. The number of anilines is 1. The number of benzene rings is 2. The number of amides is 1. The van der Waals surface area contributed by atoms with Gasteiger partial charge >= 0.3 is 0 Å². The molecule has 3 saturated heterocycles. The van der Waals surface area contributed by atoms with Crippen LogP contribution in [0, 0.1) is 17.6 Å². The van der Waals surface area contributed by atoms with Crippen molar-refractivity contribution in [3.63, 3.8) is 0 Å². The minimum Gasteiger partial charge on any atom is -0.369 e. The van der Waals surface area contributed by atoms with Crippen LogP contribution in [0.15, 0.2) is 36.4 Å². The first-order valence-electron chi connectivity index (χ1n) is 12.6. The van der Waals surface area contributed by atoms with Crippen molar-refractivity contribution in [2.75, 3.05) is 51.7 Å². The highest BCUT2D eigenvalue weighted by Crippen LogP contribution is 2.34. The van der Waals surface area contributed by atoms with Crippen molar-refractivity contribution >= 4 is 11.6 Å². The van der Waals surface area contributed by atoms with Gasteiger partial charge in [0, 0.05) is 74.1 Å². The highest BCUT2D eigenvalue weighted by Gasteiger charge is 2.42. The molecule has 0 bridgehead atoms. The molecule has 0 aliphatic carbocycles. The fraction of sp³-hybridized carbons (Fsp3) is 0.500. The molecular weight excluding hydrogens is 464 g/mol. The predicted octanol–water partition coefficient (Wildman–Crippen LogP) is 1.32. The molecule has 0 aromatic heterocycles. The van der Waals surface area contributed by atoms with Crippen molar-refractivity contribution < 1.29 is 13.6 Å². The van der Waals surface area contributed by atoms with E-state index in [-0.39, 0.29) is 29.6 Å². The topological polar surface area (TPSA) is 83.7 Å². The Hall–Kier alpha value is -2.63. The average Bonchev–Trinajstić information content (AvgIpc) is 3.26. The van der Waals surface area contributed by atoms with Gasteiger partial charge in [-0.25, -0.2) is 14.2 Å². The summed E-state index contributed by atoms with van der Waals surface area (Å²) in [6.45, 7) is 4.77. The Bertz CT molecular complexity index is 1070. The molecule has 0 saturated carbocycles. The summed E-state index contributed by atoms with van der Waals surface area (Å²) in [4.78, 5) is 17.8. The first-order valence-corrected chi connectivity index (χ1v) is 12.6. The lowest BCUT2D eigenvalue weighted by Gasteiger charge is -2.35. The number of piperazine rings is 1. The normalized spacial score (nSPS) is 26.6. The van der Waals surface area contributed by atoms with E-state index in [1.54, 1.807) is 7.05 Å². The maximum atomic E-state index is 14.9. The molecule has 3 heterocycles.